The summed E-state index contributed by atoms with van der Waals surface area (Å²) in [5, 5.41) is 7.53. The van der Waals surface area contributed by atoms with Crippen molar-refractivity contribution in [3.63, 3.8) is 0 Å². The van der Waals surface area contributed by atoms with Gasteiger partial charge in [0, 0.05) is 17.0 Å². The Hall–Kier alpha value is -2.20. The molecular formula is C18H17ClN2O2. The minimum absolute atomic E-state index is 0.0931. The second kappa shape index (κ2) is 5.46. The highest BCUT2D eigenvalue weighted by atomic mass is 35.5. The SMILES string of the molecule is COc1ccc(C2=NN3[C@H](C)Oc4ccc(Cl)cc4[C@@H]3C2)cc1. The zero-order chi connectivity index (χ0) is 16.0. The zero-order valence-electron chi connectivity index (χ0n) is 13.0. The van der Waals surface area contributed by atoms with Gasteiger partial charge in [-0.25, -0.2) is 0 Å². The minimum atomic E-state index is -0.0931. The number of rotatable bonds is 2. The molecule has 23 heavy (non-hydrogen) atoms. The van der Waals surface area contributed by atoms with Crippen molar-refractivity contribution in [2.75, 3.05) is 7.11 Å². The molecule has 2 heterocycles. The number of halogens is 1. The molecule has 4 nitrogen and oxygen atoms in total. The Morgan fingerprint density at radius 1 is 1.22 bits per heavy atom. The summed E-state index contributed by atoms with van der Waals surface area (Å²) in [7, 11) is 1.67. The first-order chi connectivity index (χ1) is 11.2. The van der Waals surface area contributed by atoms with E-state index in [0.29, 0.717) is 0 Å². The molecule has 4 rings (SSSR count). The third-order valence-electron chi connectivity index (χ3n) is 4.37. The van der Waals surface area contributed by atoms with Gasteiger partial charge in [0.05, 0.1) is 18.9 Å². The second-order valence-corrected chi connectivity index (χ2v) is 6.21. The summed E-state index contributed by atoms with van der Waals surface area (Å²) in [6.45, 7) is 2.02. The van der Waals surface area contributed by atoms with E-state index in [2.05, 4.69) is 0 Å². The van der Waals surface area contributed by atoms with E-state index in [1.165, 1.54) is 0 Å². The highest BCUT2D eigenvalue weighted by molar-refractivity contribution is 6.30. The van der Waals surface area contributed by atoms with E-state index >= 15 is 0 Å². The maximum absolute atomic E-state index is 6.16. The van der Waals surface area contributed by atoms with Gasteiger partial charge in [0.1, 0.15) is 11.5 Å². The van der Waals surface area contributed by atoms with Crippen LogP contribution in [0.3, 0.4) is 0 Å². The number of methoxy groups -OCH3 is 1. The normalized spacial score (nSPS) is 22.0. The summed E-state index contributed by atoms with van der Waals surface area (Å²) in [5.74, 6) is 1.74. The maximum atomic E-state index is 6.16. The molecule has 0 bridgehead atoms. The molecule has 0 amide bonds. The predicted molar refractivity (Wildman–Crippen MR) is 90.3 cm³/mol. The first kappa shape index (κ1) is 14.4. The van der Waals surface area contributed by atoms with Gasteiger partial charge in [0.25, 0.3) is 0 Å². The van der Waals surface area contributed by atoms with E-state index in [0.717, 1.165) is 39.8 Å². The van der Waals surface area contributed by atoms with Gasteiger partial charge in [-0.2, -0.15) is 5.10 Å². The molecule has 0 radical (unpaired) electrons. The van der Waals surface area contributed by atoms with Crippen LogP contribution in [0.5, 0.6) is 11.5 Å². The van der Waals surface area contributed by atoms with Crippen molar-refractivity contribution in [2.24, 2.45) is 5.10 Å². The first-order valence-corrected chi connectivity index (χ1v) is 8.00. The Morgan fingerprint density at radius 2 is 2.00 bits per heavy atom. The summed E-state index contributed by atoms with van der Waals surface area (Å²) >= 11 is 6.16. The lowest BCUT2D eigenvalue weighted by molar-refractivity contribution is -0.00334. The zero-order valence-corrected chi connectivity index (χ0v) is 13.7. The van der Waals surface area contributed by atoms with Crippen LogP contribution in [0, 0.1) is 0 Å². The number of fused-ring (bicyclic) bond motifs is 3. The molecule has 0 fully saturated rings. The van der Waals surface area contributed by atoms with Crippen molar-refractivity contribution in [1.29, 1.82) is 0 Å². The molecule has 2 aliphatic rings. The Kier molecular flexibility index (Phi) is 3.42. The number of nitrogens with zero attached hydrogens (tertiary/aromatic N) is 2. The Morgan fingerprint density at radius 3 is 2.74 bits per heavy atom. The maximum Gasteiger partial charge on any atom is 0.185 e. The molecule has 0 N–H and O–H groups in total. The lowest BCUT2D eigenvalue weighted by atomic mass is 9.96. The second-order valence-electron chi connectivity index (χ2n) is 5.77. The number of hydrogen-bond donors (Lipinski definition) is 0. The summed E-state index contributed by atoms with van der Waals surface area (Å²) < 4.78 is 11.2. The van der Waals surface area contributed by atoms with E-state index in [4.69, 9.17) is 26.2 Å². The average molecular weight is 329 g/mol. The molecule has 0 aromatic heterocycles. The van der Waals surface area contributed by atoms with Crippen molar-refractivity contribution in [2.45, 2.75) is 25.6 Å². The fraction of sp³-hybridized carbons (Fsp3) is 0.278. The van der Waals surface area contributed by atoms with Crippen LogP contribution in [0.15, 0.2) is 47.6 Å². The monoisotopic (exact) mass is 328 g/mol. The molecule has 0 spiro atoms. The molecule has 2 atom stereocenters. The fourth-order valence-corrected chi connectivity index (χ4v) is 3.38. The van der Waals surface area contributed by atoms with Crippen molar-refractivity contribution in [3.05, 3.63) is 58.6 Å². The number of hydrogen-bond acceptors (Lipinski definition) is 4. The van der Waals surface area contributed by atoms with Crippen LogP contribution in [0.4, 0.5) is 0 Å². The van der Waals surface area contributed by atoms with Crippen LogP contribution in [-0.4, -0.2) is 24.1 Å². The Bertz CT molecular complexity index is 773. The third kappa shape index (κ3) is 2.43. The van der Waals surface area contributed by atoms with Crippen LogP contribution in [0.25, 0.3) is 0 Å². The molecule has 2 aliphatic heterocycles. The summed E-state index contributed by atoms with van der Waals surface area (Å²) in [6.07, 6.45) is 0.748. The lowest BCUT2D eigenvalue weighted by Gasteiger charge is -2.36. The molecule has 5 heteroatoms. The highest BCUT2D eigenvalue weighted by Crippen LogP contribution is 2.43. The van der Waals surface area contributed by atoms with Crippen molar-refractivity contribution < 1.29 is 9.47 Å². The van der Waals surface area contributed by atoms with Crippen LogP contribution >= 0.6 is 11.6 Å². The van der Waals surface area contributed by atoms with Gasteiger partial charge in [0.2, 0.25) is 0 Å². The van der Waals surface area contributed by atoms with Crippen LogP contribution < -0.4 is 9.47 Å². The topological polar surface area (TPSA) is 34.1 Å². The van der Waals surface area contributed by atoms with Gasteiger partial charge in [-0.15, -0.1) is 0 Å². The van der Waals surface area contributed by atoms with E-state index in [1.807, 2.05) is 54.4 Å². The van der Waals surface area contributed by atoms with Crippen molar-refractivity contribution >= 4 is 17.3 Å². The van der Waals surface area contributed by atoms with E-state index in [-0.39, 0.29) is 12.3 Å². The molecule has 0 saturated carbocycles. The molecular weight excluding hydrogens is 312 g/mol. The summed E-state index contributed by atoms with van der Waals surface area (Å²) in [6, 6.07) is 14.0. The smallest absolute Gasteiger partial charge is 0.185 e. The predicted octanol–water partition coefficient (Wildman–Crippen LogP) is 4.24. The summed E-state index contributed by atoms with van der Waals surface area (Å²) in [4.78, 5) is 0. The highest BCUT2D eigenvalue weighted by Gasteiger charge is 2.38. The van der Waals surface area contributed by atoms with Crippen LogP contribution in [0.2, 0.25) is 5.02 Å². The van der Waals surface area contributed by atoms with E-state index < -0.39 is 0 Å². The van der Waals surface area contributed by atoms with Gasteiger partial charge in [-0.05, 0) is 55.0 Å². The molecule has 118 valence electrons. The Labute approximate surface area is 140 Å². The first-order valence-electron chi connectivity index (χ1n) is 7.62. The lowest BCUT2D eigenvalue weighted by Crippen LogP contribution is -2.37. The number of benzene rings is 2. The van der Waals surface area contributed by atoms with Gasteiger partial charge in [0.15, 0.2) is 6.23 Å². The van der Waals surface area contributed by atoms with Crippen LogP contribution in [0.1, 0.15) is 30.5 Å². The standard InChI is InChI=1S/C18H17ClN2O2/c1-11-21-17(15-9-13(19)5-8-18(15)23-11)10-16(20-21)12-3-6-14(22-2)7-4-12/h3-9,11,17H,10H2,1-2H3/t11-,17-/m0/s1. The van der Waals surface area contributed by atoms with Crippen molar-refractivity contribution in [3.8, 4) is 11.5 Å². The Balaban J connectivity index is 1.68. The van der Waals surface area contributed by atoms with Gasteiger partial charge in [-0.3, -0.25) is 5.01 Å². The minimum Gasteiger partial charge on any atom is -0.497 e. The van der Waals surface area contributed by atoms with Gasteiger partial charge >= 0.3 is 0 Å². The number of hydrazone groups is 1. The van der Waals surface area contributed by atoms with Gasteiger partial charge < -0.3 is 9.47 Å². The molecule has 0 aliphatic carbocycles. The van der Waals surface area contributed by atoms with Crippen molar-refractivity contribution in [1.82, 2.24) is 5.01 Å². The molecule has 2 aromatic rings. The van der Waals surface area contributed by atoms with Gasteiger partial charge in [-0.1, -0.05) is 11.6 Å². The number of ether oxygens (including phenoxy) is 2. The van der Waals surface area contributed by atoms with E-state index in [9.17, 15) is 0 Å². The molecule has 0 unspecified atom stereocenters. The van der Waals surface area contributed by atoms with E-state index in [1.54, 1.807) is 7.11 Å². The van der Waals surface area contributed by atoms with Crippen LogP contribution in [-0.2, 0) is 0 Å². The molecule has 2 aromatic carbocycles. The summed E-state index contributed by atoms with van der Waals surface area (Å²) in [5.41, 5.74) is 3.26. The molecule has 0 saturated heterocycles. The third-order valence-corrected chi connectivity index (χ3v) is 4.60. The largest absolute Gasteiger partial charge is 0.497 e. The quantitative estimate of drug-likeness (QED) is 0.827. The fourth-order valence-electron chi connectivity index (χ4n) is 3.20. The average Bonchev–Trinajstić information content (AvgIpc) is 3.02.